The Morgan fingerprint density at radius 2 is 1.90 bits per heavy atom. The molecule has 1 amide bonds. The number of hydrogen-bond donors (Lipinski definition) is 1. The highest BCUT2D eigenvalue weighted by atomic mass is 32.2. The number of carbonyl (C=O) groups excluding carboxylic acids is 1. The SMILES string of the molecule is Cc1oc(C(=O)NCc2ccccc2Cn2cccn2)cc1S(=O)(=O)N1CCCC1. The van der Waals surface area contributed by atoms with Crippen molar-refractivity contribution in [3.8, 4) is 0 Å². The first-order valence-electron chi connectivity index (χ1n) is 9.88. The van der Waals surface area contributed by atoms with Crippen molar-refractivity contribution in [3.05, 3.63) is 71.4 Å². The zero-order valence-corrected chi connectivity index (χ0v) is 17.6. The van der Waals surface area contributed by atoms with E-state index in [1.165, 1.54) is 10.4 Å². The highest BCUT2D eigenvalue weighted by molar-refractivity contribution is 7.89. The minimum Gasteiger partial charge on any atom is -0.455 e. The maximum absolute atomic E-state index is 12.8. The van der Waals surface area contributed by atoms with Crippen LogP contribution in [0, 0.1) is 6.92 Å². The van der Waals surface area contributed by atoms with Crippen molar-refractivity contribution in [2.24, 2.45) is 0 Å². The van der Waals surface area contributed by atoms with Gasteiger partial charge in [0.1, 0.15) is 10.7 Å². The first kappa shape index (κ1) is 20.4. The molecule has 3 heterocycles. The molecule has 0 spiro atoms. The molecule has 0 bridgehead atoms. The number of amides is 1. The van der Waals surface area contributed by atoms with Crippen molar-refractivity contribution < 1.29 is 17.6 Å². The molecule has 0 saturated carbocycles. The zero-order chi connectivity index (χ0) is 21.1. The predicted octanol–water partition coefficient (Wildman–Crippen LogP) is 2.55. The fourth-order valence-corrected chi connectivity index (χ4v) is 5.29. The second-order valence-corrected chi connectivity index (χ2v) is 9.20. The predicted molar refractivity (Wildman–Crippen MR) is 110 cm³/mol. The van der Waals surface area contributed by atoms with Gasteiger partial charge in [-0.2, -0.15) is 9.40 Å². The van der Waals surface area contributed by atoms with E-state index in [0.29, 0.717) is 26.2 Å². The summed E-state index contributed by atoms with van der Waals surface area (Å²) in [5.74, 6) is -0.226. The van der Waals surface area contributed by atoms with E-state index < -0.39 is 15.9 Å². The number of sulfonamides is 1. The van der Waals surface area contributed by atoms with E-state index in [0.717, 1.165) is 24.0 Å². The van der Waals surface area contributed by atoms with Crippen molar-refractivity contribution >= 4 is 15.9 Å². The second-order valence-electron chi connectivity index (χ2n) is 7.30. The van der Waals surface area contributed by atoms with Crippen molar-refractivity contribution in [2.45, 2.75) is 37.8 Å². The van der Waals surface area contributed by atoms with Crippen LogP contribution in [0.5, 0.6) is 0 Å². The normalized spacial score (nSPS) is 14.8. The van der Waals surface area contributed by atoms with Gasteiger partial charge < -0.3 is 9.73 Å². The lowest BCUT2D eigenvalue weighted by Crippen LogP contribution is -2.28. The third-order valence-electron chi connectivity index (χ3n) is 5.23. The highest BCUT2D eigenvalue weighted by Gasteiger charge is 2.31. The Kier molecular flexibility index (Phi) is 5.74. The Morgan fingerprint density at radius 1 is 1.17 bits per heavy atom. The number of aryl methyl sites for hydroxylation is 1. The largest absolute Gasteiger partial charge is 0.455 e. The van der Waals surface area contributed by atoms with Gasteiger partial charge in [0.15, 0.2) is 5.76 Å². The Morgan fingerprint density at radius 3 is 2.60 bits per heavy atom. The van der Waals surface area contributed by atoms with Gasteiger partial charge in [-0.05, 0) is 37.0 Å². The van der Waals surface area contributed by atoms with Crippen molar-refractivity contribution in [2.75, 3.05) is 13.1 Å². The molecule has 9 heteroatoms. The van der Waals surface area contributed by atoms with Crippen LogP contribution in [0.1, 0.15) is 40.3 Å². The van der Waals surface area contributed by atoms with E-state index in [9.17, 15) is 13.2 Å². The van der Waals surface area contributed by atoms with Crippen LogP contribution in [0.3, 0.4) is 0 Å². The Labute approximate surface area is 175 Å². The summed E-state index contributed by atoms with van der Waals surface area (Å²) < 4.78 is 34.3. The van der Waals surface area contributed by atoms with Gasteiger partial charge in [-0.25, -0.2) is 8.42 Å². The van der Waals surface area contributed by atoms with Gasteiger partial charge in [-0.3, -0.25) is 9.48 Å². The van der Waals surface area contributed by atoms with Crippen LogP contribution in [0.15, 0.2) is 58.1 Å². The minimum absolute atomic E-state index is 0.00479. The molecule has 1 aliphatic heterocycles. The van der Waals surface area contributed by atoms with Gasteiger partial charge in [-0.1, -0.05) is 24.3 Å². The molecule has 0 atom stereocenters. The van der Waals surface area contributed by atoms with Gasteiger partial charge in [0.05, 0.1) is 6.54 Å². The summed E-state index contributed by atoms with van der Waals surface area (Å²) in [5.41, 5.74) is 1.99. The third-order valence-corrected chi connectivity index (χ3v) is 7.23. The molecule has 0 radical (unpaired) electrons. The van der Waals surface area contributed by atoms with Crippen LogP contribution < -0.4 is 5.32 Å². The smallest absolute Gasteiger partial charge is 0.287 e. The lowest BCUT2D eigenvalue weighted by Gasteiger charge is -2.14. The molecule has 1 aliphatic rings. The first-order valence-corrected chi connectivity index (χ1v) is 11.3. The van der Waals surface area contributed by atoms with Gasteiger partial charge in [0, 0.05) is 38.1 Å². The van der Waals surface area contributed by atoms with E-state index in [4.69, 9.17) is 4.42 Å². The van der Waals surface area contributed by atoms with E-state index in [-0.39, 0.29) is 16.4 Å². The Bertz CT molecular complexity index is 1130. The molecule has 1 aromatic carbocycles. The zero-order valence-electron chi connectivity index (χ0n) is 16.7. The van der Waals surface area contributed by atoms with E-state index >= 15 is 0 Å². The summed E-state index contributed by atoms with van der Waals surface area (Å²) in [6.07, 6.45) is 5.30. The molecule has 4 rings (SSSR count). The summed E-state index contributed by atoms with van der Waals surface area (Å²) in [5, 5.41) is 7.04. The summed E-state index contributed by atoms with van der Waals surface area (Å²) >= 11 is 0. The van der Waals surface area contributed by atoms with Crippen LogP contribution in [0.2, 0.25) is 0 Å². The van der Waals surface area contributed by atoms with Crippen molar-refractivity contribution in [1.29, 1.82) is 0 Å². The molecule has 1 fully saturated rings. The number of benzene rings is 1. The summed E-state index contributed by atoms with van der Waals surface area (Å²) in [7, 11) is -3.64. The molecule has 1 N–H and O–H groups in total. The first-order chi connectivity index (χ1) is 14.4. The van der Waals surface area contributed by atoms with E-state index in [1.54, 1.807) is 13.1 Å². The van der Waals surface area contributed by atoms with Crippen LogP contribution in [-0.4, -0.2) is 41.5 Å². The van der Waals surface area contributed by atoms with Crippen LogP contribution in [0.4, 0.5) is 0 Å². The number of nitrogens with one attached hydrogen (secondary N) is 1. The topological polar surface area (TPSA) is 97.4 Å². The average molecular weight is 429 g/mol. The standard InChI is InChI=1S/C21H24N4O4S/c1-16-20(30(27,28)25-11-4-5-12-25)13-19(29-16)21(26)22-14-17-7-2-3-8-18(17)15-24-10-6-9-23-24/h2-3,6-10,13H,4-5,11-12,14-15H2,1H3,(H,22,26). The fourth-order valence-electron chi connectivity index (χ4n) is 3.62. The summed E-state index contributed by atoms with van der Waals surface area (Å²) in [4.78, 5) is 12.7. The number of rotatable bonds is 7. The van der Waals surface area contributed by atoms with Gasteiger partial charge in [0.2, 0.25) is 10.0 Å². The van der Waals surface area contributed by atoms with Gasteiger partial charge >= 0.3 is 0 Å². The number of carbonyl (C=O) groups is 1. The number of hydrogen-bond acceptors (Lipinski definition) is 5. The average Bonchev–Trinajstić information content (AvgIpc) is 3.49. The molecule has 3 aromatic rings. The molecule has 2 aromatic heterocycles. The minimum atomic E-state index is -3.64. The van der Waals surface area contributed by atoms with Crippen LogP contribution in [0.25, 0.3) is 0 Å². The number of furan rings is 1. The maximum Gasteiger partial charge on any atom is 0.287 e. The molecular weight excluding hydrogens is 404 g/mol. The maximum atomic E-state index is 12.8. The number of nitrogens with zero attached hydrogens (tertiary/aromatic N) is 3. The summed E-state index contributed by atoms with van der Waals surface area (Å²) in [6, 6.07) is 11.0. The lowest BCUT2D eigenvalue weighted by molar-refractivity contribution is 0.0921. The third kappa shape index (κ3) is 4.17. The molecular formula is C21H24N4O4S. The fraction of sp³-hybridized carbons (Fsp3) is 0.333. The van der Waals surface area contributed by atoms with Crippen molar-refractivity contribution in [3.63, 3.8) is 0 Å². The quantitative estimate of drug-likeness (QED) is 0.624. The molecule has 0 aliphatic carbocycles. The van der Waals surface area contributed by atoms with Crippen LogP contribution >= 0.6 is 0 Å². The number of aromatic nitrogens is 2. The van der Waals surface area contributed by atoms with E-state index in [2.05, 4.69) is 10.4 Å². The van der Waals surface area contributed by atoms with Gasteiger partial charge in [0.25, 0.3) is 5.91 Å². The van der Waals surface area contributed by atoms with Crippen molar-refractivity contribution in [1.82, 2.24) is 19.4 Å². The van der Waals surface area contributed by atoms with Crippen LogP contribution in [-0.2, 0) is 23.1 Å². The Hall–Kier alpha value is -2.91. The molecule has 8 nitrogen and oxygen atoms in total. The molecule has 158 valence electrons. The Balaban J connectivity index is 1.47. The van der Waals surface area contributed by atoms with E-state index in [1.807, 2.05) is 41.2 Å². The summed E-state index contributed by atoms with van der Waals surface area (Å²) in [6.45, 7) is 3.46. The lowest BCUT2D eigenvalue weighted by atomic mass is 10.1. The molecule has 1 saturated heterocycles. The molecule has 0 unspecified atom stereocenters. The monoisotopic (exact) mass is 428 g/mol. The molecule has 30 heavy (non-hydrogen) atoms. The van der Waals surface area contributed by atoms with Gasteiger partial charge in [-0.15, -0.1) is 0 Å². The second kappa shape index (κ2) is 8.45. The highest BCUT2D eigenvalue weighted by Crippen LogP contribution is 2.26.